The van der Waals surface area contributed by atoms with Crippen LogP contribution in [0, 0.1) is 4.91 Å². The van der Waals surface area contributed by atoms with Crippen LogP contribution >= 0.6 is 0 Å². The molecule has 0 spiro atoms. The Balaban J connectivity index is 2.99. The van der Waals surface area contributed by atoms with Crippen LogP contribution in [0.4, 0.5) is 5.69 Å². The van der Waals surface area contributed by atoms with E-state index in [4.69, 9.17) is 4.55 Å². The van der Waals surface area contributed by atoms with Crippen molar-refractivity contribution >= 4 is 26.6 Å². The molecule has 0 heterocycles. The predicted octanol–water partition coefficient (Wildman–Crippen LogP) is 2.19. The highest BCUT2D eigenvalue weighted by molar-refractivity contribution is 7.86. The third-order valence-electron chi connectivity index (χ3n) is 2.34. The quantitative estimate of drug-likeness (QED) is 0.630. The summed E-state index contributed by atoms with van der Waals surface area (Å²) in [7, 11) is -4.39. The lowest BCUT2D eigenvalue weighted by Crippen LogP contribution is -1.98. The fourth-order valence-electron chi connectivity index (χ4n) is 1.62. The summed E-state index contributed by atoms with van der Waals surface area (Å²) < 4.78 is 31.3. The molecule has 0 aliphatic rings. The van der Waals surface area contributed by atoms with E-state index in [1.54, 1.807) is 0 Å². The van der Waals surface area contributed by atoms with Crippen molar-refractivity contribution in [2.24, 2.45) is 5.18 Å². The number of phenols is 1. The van der Waals surface area contributed by atoms with Gasteiger partial charge in [-0.15, -0.1) is 4.91 Å². The molecule has 0 aromatic heterocycles. The minimum Gasteiger partial charge on any atom is -0.506 e. The van der Waals surface area contributed by atoms with E-state index in [0.717, 1.165) is 6.07 Å². The third kappa shape index (κ3) is 1.85. The van der Waals surface area contributed by atoms with Crippen LogP contribution in [-0.2, 0) is 10.1 Å². The number of fused-ring (bicyclic) bond motifs is 1. The number of nitroso groups, excluding NO2 is 1. The topological polar surface area (TPSA) is 104 Å². The second-order valence-corrected chi connectivity index (χ2v) is 4.74. The molecule has 2 aromatic carbocycles. The van der Waals surface area contributed by atoms with Crippen LogP contribution in [0.15, 0.2) is 40.4 Å². The molecule has 6 nitrogen and oxygen atoms in total. The average molecular weight is 253 g/mol. The van der Waals surface area contributed by atoms with Crippen molar-refractivity contribution in [3.63, 3.8) is 0 Å². The first-order chi connectivity index (χ1) is 7.95. The van der Waals surface area contributed by atoms with Gasteiger partial charge in [-0.2, -0.15) is 8.42 Å². The molecule has 0 aliphatic carbocycles. The molecule has 2 rings (SSSR count). The van der Waals surface area contributed by atoms with Crippen molar-refractivity contribution in [1.29, 1.82) is 0 Å². The molecular formula is C10H7NO5S. The van der Waals surface area contributed by atoms with E-state index < -0.39 is 10.1 Å². The molecule has 0 atom stereocenters. The van der Waals surface area contributed by atoms with Crippen LogP contribution in [0.1, 0.15) is 0 Å². The fraction of sp³-hybridized carbons (Fsp3) is 0. The molecule has 0 unspecified atom stereocenters. The van der Waals surface area contributed by atoms with Gasteiger partial charge in [0.15, 0.2) is 5.69 Å². The van der Waals surface area contributed by atoms with Crippen LogP contribution in [0.5, 0.6) is 5.75 Å². The lowest BCUT2D eigenvalue weighted by atomic mass is 10.1. The van der Waals surface area contributed by atoms with Crippen molar-refractivity contribution in [2.75, 3.05) is 0 Å². The molecule has 0 radical (unpaired) electrons. The molecule has 7 heteroatoms. The van der Waals surface area contributed by atoms with E-state index in [1.165, 1.54) is 24.3 Å². The number of aromatic hydroxyl groups is 1. The Morgan fingerprint density at radius 1 is 1.06 bits per heavy atom. The maximum absolute atomic E-state index is 11.1. The highest BCUT2D eigenvalue weighted by Crippen LogP contribution is 2.36. The van der Waals surface area contributed by atoms with Crippen molar-refractivity contribution in [2.45, 2.75) is 4.90 Å². The maximum Gasteiger partial charge on any atom is 0.295 e. The van der Waals surface area contributed by atoms with E-state index in [2.05, 4.69) is 5.18 Å². The van der Waals surface area contributed by atoms with Crippen LogP contribution < -0.4 is 0 Å². The van der Waals surface area contributed by atoms with E-state index in [0.29, 0.717) is 0 Å². The Labute approximate surface area is 96.2 Å². The Morgan fingerprint density at radius 3 is 2.35 bits per heavy atom. The Morgan fingerprint density at radius 2 is 1.76 bits per heavy atom. The Hall–Kier alpha value is -1.99. The molecule has 0 fully saturated rings. The molecule has 0 amide bonds. The second-order valence-electron chi connectivity index (χ2n) is 3.35. The summed E-state index contributed by atoms with van der Waals surface area (Å²) in [6.07, 6.45) is 0. The molecule has 88 valence electrons. The number of benzene rings is 2. The highest BCUT2D eigenvalue weighted by Gasteiger charge is 2.16. The van der Waals surface area contributed by atoms with Gasteiger partial charge in [-0.1, -0.05) is 12.1 Å². The van der Waals surface area contributed by atoms with Gasteiger partial charge in [0.25, 0.3) is 10.1 Å². The Bertz CT molecular complexity index is 708. The van der Waals surface area contributed by atoms with Gasteiger partial charge in [-0.25, -0.2) is 0 Å². The summed E-state index contributed by atoms with van der Waals surface area (Å²) >= 11 is 0. The molecule has 0 saturated heterocycles. The van der Waals surface area contributed by atoms with Crippen molar-refractivity contribution in [3.8, 4) is 5.75 Å². The van der Waals surface area contributed by atoms with E-state index >= 15 is 0 Å². The summed E-state index contributed by atoms with van der Waals surface area (Å²) in [6.45, 7) is 0. The normalized spacial score (nSPS) is 11.6. The van der Waals surface area contributed by atoms with Crippen molar-refractivity contribution in [3.05, 3.63) is 35.2 Å². The summed E-state index contributed by atoms with van der Waals surface area (Å²) in [5.74, 6) is -0.347. The average Bonchev–Trinajstić information content (AvgIpc) is 2.26. The first-order valence-electron chi connectivity index (χ1n) is 4.50. The summed E-state index contributed by atoms with van der Waals surface area (Å²) in [6, 6.07) is 6.42. The summed E-state index contributed by atoms with van der Waals surface area (Å²) in [4.78, 5) is 10.2. The van der Waals surface area contributed by atoms with E-state index in [-0.39, 0.29) is 27.1 Å². The van der Waals surface area contributed by atoms with Gasteiger partial charge in [0.05, 0.1) is 0 Å². The molecule has 2 N–H and O–H groups in total. The van der Waals surface area contributed by atoms with Crippen LogP contribution in [-0.4, -0.2) is 18.1 Å². The molecule has 0 aliphatic heterocycles. The summed E-state index contributed by atoms with van der Waals surface area (Å²) in [5.41, 5.74) is -0.256. The number of nitrogens with zero attached hydrogens (tertiary/aromatic N) is 1. The van der Waals surface area contributed by atoms with Crippen LogP contribution in [0.3, 0.4) is 0 Å². The third-order valence-corrected chi connectivity index (χ3v) is 3.25. The largest absolute Gasteiger partial charge is 0.506 e. The van der Waals surface area contributed by atoms with E-state index in [9.17, 15) is 18.4 Å². The van der Waals surface area contributed by atoms with Crippen molar-refractivity contribution in [1.82, 2.24) is 0 Å². The van der Waals surface area contributed by atoms with Crippen molar-refractivity contribution < 1.29 is 18.1 Å². The Kier molecular flexibility index (Phi) is 2.56. The number of rotatable bonds is 2. The highest BCUT2D eigenvalue weighted by atomic mass is 32.2. The molecule has 0 bridgehead atoms. The van der Waals surface area contributed by atoms with Gasteiger partial charge in [-0.05, 0) is 23.4 Å². The van der Waals surface area contributed by atoms with Gasteiger partial charge >= 0.3 is 0 Å². The maximum atomic E-state index is 11.1. The zero-order chi connectivity index (χ0) is 12.6. The van der Waals surface area contributed by atoms with Gasteiger partial charge < -0.3 is 5.11 Å². The molecular weight excluding hydrogens is 246 g/mol. The minimum absolute atomic E-state index is 0.127. The smallest absolute Gasteiger partial charge is 0.295 e. The minimum atomic E-state index is -4.39. The second kappa shape index (κ2) is 3.79. The number of hydrogen-bond donors (Lipinski definition) is 2. The zero-order valence-electron chi connectivity index (χ0n) is 8.36. The zero-order valence-corrected chi connectivity index (χ0v) is 9.18. The lowest BCUT2D eigenvalue weighted by Gasteiger charge is -2.05. The van der Waals surface area contributed by atoms with Gasteiger partial charge in [0.2, 0.25) is 0 Å². The molecule has 17 heavy (non-hydrogen) atoms. The standard InChI is InChI=1S/C10H7NO5S/c12-8-5-4-6-7(10(8)11-13)2-1-3-9(6)17(14,15)16/h1-5,12H,(H,14,15,16). The first kappa shape index (κ1) is 11.5. The van der Waals surface area contributed by atoms with Crippen LogP contribution in [0.2, 0.25) is 0 Å². The SMILES string of the molecule is O=Nc1c(O)ccc2c(S(=O)(=O)O)cccc12. The first-order valence-corrected chi connectivity index (χ1v) is 5.94. The van der Waals surface area contributed by atoms with Gasteiger partial charge in [-0.3, -0.25) is 4.55 Å². The number of hydrogen-bond acceptors (Lipinski definition) is 5. The fourth-order valence-corrected chi connectivity index (χ4v) is 2.33. The number of phenolic OH excluding ortho intramolecular Hbond substituents is 1. The van der Waals surface area contributed by atoms with Crippen LogP contribution in [0.25, 0.3) is 10.8 Å². The molecule has 0 saturated carbocycles. The molecule has 2 aromatic rings. The van der Waals surface area contributed by atoms with Gasteiger partial charge in [0, 0.05) is 10.8 Å². The summed E-state index contributed by atoms with van der Waals surface area (Å²) in [5, 5.41) is 12.3. The predicted molar refractivity (Wildman–Crippen MR) is 60.9 cm³/mol. The lowest BCUT2D eigenvalue weighted by molar-refractivity contribution is 0.477. The monoisotopic (exact) mass is 253 g/mol. The van der Waals surface area contributed by atoms with E-state index in [1.807, 2.05) is 0 Å². The van der Waals surface area contributed by atoms with Gasteiger partial charge in [0.1, 0.15) is 10.6 Å².